The Balaban J connectivity index is 1.14. The number of carbonyl (C=O) groups is 1. The third kappa shape index (κ3) is 7.22. The number of ether oxygens (including phenoxy) is 4. The van der Waals surface area contributed by atoms with E-state index in [2.05, 4.69) is 42.5 Å². The fourth-order valence-corrected chi connectivity index (χ4v) is 12.1. The first-order valence-corrected chi connectivity index (χ1v) is 22.5. The minimum atomic E-state index is -2.30. The van der Waals surface area contributed by atoms with Crippen LogP contribution in [-0.4, -0.2) is 61.0 Å². The minimum absolute atomic E-state index is 0.0490. The predicted octanol–water partition coefficient (Wildman–Crippen LogP) is 8.66. The number of fused-ring (bicyclic) bond motifs is 3. The Bertz CT molecular complexity index is 2350. The van der Waals surface area contributed by atoms with Gasteiger partial charge in [0.05, 0.1) is 56.4 Å². The number of amides is 1. The van der Waals surface area contributed by atoms with Gasteiger partial charge in [-0.15, -0.1) is 5.10 Å². The van der Waals surface area contributed by atoms with Crippen LogP contribution < -0.4 is 24.3 Å². The van der Waals surface area contributed by atoms with Crippen molar-refractivity contribution in [2.45, 2.75) is 56.7 Å². The van der Waals surface area contributed by atoms with Gasteiger partial charge in [-0.2, -0.15) is 0 Å². The maximum absolute atomic E-state index is 14.3. The van der Waals surface area contributed by atoms with Crippen LogP contribution in [0.5, 0.6) is 23.0 Å². The Kier molecular flexibility index (Phi) is 10.7. The number of hydrogen-bond donors (Lipinski definition) is 1. The predicted molar refractivity (Wildman–Crippen MR) is 223 cm³/mol. The van der Waals surface area contributed by atoms with E-state index >= 15 is 0 Å². The number of carbonyl (C=O) groups excluding carboxylic acids is 1. The molecule has 1 N–H and O–H groups in total. The van der Waals surface area contributed by atoms with Crippen molar-refractivity contribution in [1.29, 1.82) is 0 Å². The van der Waals surface area contributed by atoms with Crippen molar-refractivity contribution in [1.82, 2.24) is 15.0 Å². The largest absolute Gasteiger partial charge is 0.497 e. The average Bonchev–Trinajstić information content (AvgIpc) is 3.66. The number of aliphatic hydroxyl groups is 1. The standard InChI is InChI=1S/C46H48N4O6Si/c1-30-44(54-3)36-27-32(50-39-16-10-12-18-42(39)55-40-17-11-9-15-35(40)46(50)52)19-24-41(36)56-45(30)43(57(4,5)34-22-20-33(53-2)21-23-34)25-26-49-28-38(47-48-49)37(29-51)31-13-7-6-8-14-31/h6-24,27-28,30,37,43-45,51H,25-26,29H2,1-5H3/t30-,37?,43?,44-,45-/m1/s1. The molecule has 0 fully saturated rings. The topological polar surface area (TPSA) is 108 Å². The lowest BCUT2D eigenvalue weighted by Crippen LogP contribution is -2.54. The highest BCUT2D eigenvalue weighted by Gasteiger charge is 2.47. The zero-order chi connectivity index (χ0) is 39.7. The van der Waals surface area contributed by atoms with Crippen molar-refractivity contribution >= 4 is 30.5 Å². The third-order valence-electron chi connectivity index (χ3n) is 11.8. The molecule has 2 aliphatic rings. The van der Waals surface area contributed by atoms with Crippen molar-refractivity contribution < 1.29 is 28.8 Å². The van der Waals surface area contributed by atoms with E-state index in [1.54, 1.807) is 25.2 Å². The summed E-state index contributed by atoms with van der Waals surface area (Å²) in [5, 5.41) is 20.7. The van der Waals surface area contributed by atoms with Gasteiger partial charge in [-0.05, 0) is 72.1 Å². The van der Waals surface area contributed by atoms with Gasteiger partial charge >= 0.3 is 0 Å². The van der Waals surface area contributed by atoms with Crippen molar-refractivity contribution in [3.8, 4) is 23.0 Å². The summed E-state index contributed by atoms with van der Waals surface area (Å²) >= 11 is 0. The van der Waals surface area contributed by atoms with Gasteiger partial charge in [0.2, 0.25) is 0 Å². The van der Waals surface area contributed by atoms with E-state index in [1.807, 2.05) is 114 Å². The number of rotatable bonds is 12. The summed E-state index contributed by atoms with van der Waals surface area (Å²) in [6.45, 7) is 7.57. The smallest absolute Gasteiger partial charge is 0.266 e. The molecule has 1 aromatic heterocycles. The van der Waals surface area contributed by atoms with E-state index in [0.29, 0.717) is 35.0 Å². The van der Waals surface area contributed by atoms with Crippen LogP contribution in [0.2, 0.25) is 18.6 Å². The maximum atomic E-state index is 14.3. The zero-order valence-electron chi connectivity index (χ0n) is 32.9. The van der Waals surface area contributed by atoms with E-state index in [1.165, 1.54) is 5.19 Å². The molecule has 0 saturated heterocycles. The van der Waals surface area contributed by atoms with E-state index < -0.39 is 8.07 Å². The lowest BCUT2D eigenvalue weighted by molar-refractivity contribution is -0.0233. The SMILES string of the molecule is COc1ccc([Si](C)(C)C(CCn2cc(C(CO)c3ccccc3)nn2)[C@@H]2Oc3ccc(N4C(=O)c5ccccc5Oc5ccccc54)cc3[C@H](OC)[C@H]2C)cc1. The number of aromatic nitrogens is 3. The Morgan fingerprint density at radius 2 is 1.58 bits per heavy atom. The van der Waals surface area contributed by atoms with E-state index in [9.17, 15) is 9.90 Å². The molecule has 0 bridgehead atoms. The van der Waals surface area contributed by atoms with Crippen LogP contribution in [0.15, 0.2) is 128 Å². The van der Waals surface area contributed by atoms with Crippen molar-refractivity contribution in [2.75, 3.05) is 25.7 Å². The number of methoxy groups -OCH3 is 2. The van der Waals surface area contributed by atoms with Crippen LogP contribution in [0.1, 0.15) is 52.5 Å². The lowest BCUT2D eigenvalue weighted by atomic mass is 9.86. The first-order valence-electron chi connectivity index (χ1n) is 19.5. The van der Waals surface area contributed by atoms with Gasteiger partial charge in [-0.3, -0.25) is 14.4 Å². The van der Waals surface area contributed by atoms with Gasteiger partial charge < -0.3 is 24.1 Å². The first-order chi connectivity index (χ1) is 27.7. The molecule has 6 aromatic rings. The van der Waals surface area contributed by atoms with Crippen molar-refractivity contribution in [3.05, 3.63) is 150 Å². The van der Waals surface area contributed by atoms with Gasteiger partial charge in [-0.25, -0.2) is 0 Å². The molecule has 3 heterocycles. The Labute approximate surface area is 334 Å². The third-order valence-corrected chi connectivity index (χ3v) is 16.1. The number of aliphatic hydroxyl groups excluding tert-OH is 1. The summed E-state index contributed by atoms with van der Waals surface area (Å²) in [6.07, 6.45) is 2.23. The van der Waals surface area contributed by atoms with Crippen LogP contribution in [0.25, 0.3) is 0 Å². The highest BCUT2D eigenvalue weighted by atomic mass is 28.3. The van der Waals surface area contributed by atoms with Crippen molar-refractivity contribution in [3.63, 3.8) is 0 Å². The van der Waals surface area contributed by atoms with E-state index in [4.69, 9.17) is 18.9 Å². The summed E-state index contributed by atoms with van der Waals surface area (Å²) in [4.78, 5) is 16.0. The fraction of sp³-hybridized carbons (Fsp3) is 0.283. The Hall–Kier alpha value is -5.75. The number of hydrogen-bond acceptors (Lipinski definition) is 8. The molecule has 0 aliphatic carbocycles. The molecule has 0 radical (unpaired) electrons. The molecular formula is C46H48N4O6Si. The second-order valence-electron chi connectivity index (χ2n) is 15.4. The number of para-hydroxylation sites is 3. The summed E-state index contributed by atoms with van der Waals surface area (Å²) in [7, 11) is 1.14. The van der Waals surface area contributed by atoms with Crippen LogP contribution in [-0.2, 0) is 11.3 Å². The van der Waals surface area contributed by atoms with Crippen LogP contribution in [0.4, 0.5) is 11.4 Å². The minimum Gasteiger partial charge on any atom is -0.497 e. The highest BCUT2D eigenvalue weighted by Crippen LogP contribution is 2.50. The molecule has 2 unspecified atom stereocenters. The number of anilines is 2. The maximum Gasteiger partial charge on any atom is 0.266 e. The quantitative estimate of drug-likeness (QED) is 0.123. The molecule has 5 aromatic carbocycles. The molecule has 10 nitrogen and oxygen atoms in total. The molecule has 0 saturated carbocycles. The molecule has 8 rings (SSSR count). The van der Waals surface area contributed by atoms with Gasteiger partial charge in [0.15, 0.2) is 5.75 Å². The number of nitrogens with zero attached hydrogens (tertiary/aromatic N) is 4. The van der Waals surface area contributed by atoms with E-state index in [0.717, 1.165) is 34.7 Å². The Morgan fingerprint density at radius 1 is 0.860 bits per heavy atom. The molecule has 2 aliphatic heterocycles. The van der Waals surface area contributed by atoms with Crippen molar-refractivity contribution in [2.24, 2.45) is 5.92 Å². The molecule has 11 heteroatoms. The van der Waals surface area contributed by atoms with Crippen LogP contribution in [0, 0.1) is 5.92 Å². The molecular weight excluding hydrogens is 733 g/mol. The molecule has 0 spiro atoms. The monoisotopic (exact) mass is 780 g/mol. The summed E-state index contributed by atoms with van der Waals surface area (Å²) < 4.78 is 27.2. The lowest BCUT2D eigenvalue weighted by Gasteiger charge is -2.46. The van der Waals surface area contributed by atoms with Crippen LogP contribution in [0.3, 0.4) is 0 Å². The summed E-state index contributed by atoms with van der Waals surface area (Å²) in [6, 6.07) is 39.3. The number of aryl methyl sites for hydroxylation is 1. The average molecular weight is 781 g/mol. The molecule has 1 amide bonds. The fourth-order valence-electron chi connectivity index (χ4n) is 8.65. The second kappa shape index (κ2) is 16.0. The summed E-state index contributed by atoms with van der Waals surface area (Å²) in [5.41, 5.74) is 4.59. The molecule has 57 heavy (non-hydrogen) atoms. The van der Waals surface area contributed by atoms with Gasteiger partial charge in [0.1, 0.15) is 23.4 Å². The zero-order valence-corrected chi connectivity index (χ0v) is 33.9. The number of benzene rings is 5. The highest BCUT2D eigenvalue weighted by molar-refractivity contribution is 6.91. The normalized spacial score (nSPS) is 18.6. The van der Waals surface area contributed by atoms with Gasteiger partial charge in [0.25, 0.3) is 5.91 Å². The van der Waals surface area contributed by atoms with Crippen LogP contribution >= 0.6 is 0 Å². The summed E-state index contributed by atoms with van der Waals surface area (Å²) in [5.74, 6) is 2.19. The molecule has 5 atom stereocenters. The van der Waals surface area contributed by atoms with Gasteiger partial charge in [0, 0.05) is 31.3 Å². The second-order valence-corrected chi connectivity index (χ2v) is 20.2. The Morgan fingerprint density at radius 3 is 2.32 bits per heavy atom. The van der Waals surface area contributed by atoms with Gasteiger partial charge in [-0.1, -0.05) is 97.1 Å². The first kappa shape index (κ1) is 38.1. The molecule has 292 valence electrons. The van der Waals surface area contributed by atoms with E-state index in [-0.39, 0.29) is 42.1 Å².